The molecule has 0 spiro atoms. The van der Waals surface area contributed by atoms with Crippen LogP contribution in [0.4, 0.5) is 0 Å². The molecule has 0 aromatic heterocycles. The summed E-state index contributed by atoms with van der Waals surface area (Å²) in [6.07, 6.45) is 0. The summed E-state index contributed by atoms with van der Waals surface area (Å²) in [6.45, 7) is 4.44. The van der Waals surface area contributed by atoms with Crippen molar-refractivity contribution in [3.05, 3.63) is 68.7 Å². The molecule has 1 N–H and O–H groups in total. The van der Waals surface area contributed by atoms with Gasteiger partial charge in [-0.25, -0.2) is 0 Å². The van der Waals surface area contributed by atoms with Gasteiger partial charge < -0.3 is 10.2 Å². The quantitative estimate of drug-likeness (QED) is 0.528. The summed E-state index contributed by atoms with van der Waals surface area (Å²) in [5, 5.41) is 4.40. The Balaban J connectivity index is 2.05. The molecule has 0 saturated carbocycles. The first-order valence-electron chi connectivity index (χ1n) is 9.15. The number of halogens is 3. The van der Waals surface area contributed by atoms with E-state index in [1.165, 1.54) is 11.8 Å². The van der Waals surface area contributed by atoms with Crippen LogP contribution in [0, 0.1) is 0 Å². The first kappa shape index (κ1) is 23.9. The number of nitrogens with zero attached hydrogens (tertiary/aromatic N) is 1. The van der Waals surface area contributed by atoms with Crippen molar-refractivity contribution in [2.75, 3.05) is 12.3 Å². The van der Waals surface area contributed by atoms with E-state index in [0.29, 0.717) is 33.9 Å². The van der Waals surface area contributed by atoms with Crippen LogP contribution >= 0.6 is 46.6 Å². The van der Waals surface area contributed by atoms with Gasteiger partial charge in [0.25, 0.3) is 0 Å². The van der Waals surface area contributed by atoms with Gasteiger partial charge >= 0.3 is 0 Å². The van der Waals surface area contributed by atoms with Gasteiger partial charge in [0.1, 0.15) is 6.04 Å². The lowest BCUT2D eigenvalue weighted by Gasteiger charge is -2.28. The normalized spacial score (nSPS) is 11.8. The summed E-state index contributed by atoms with van der Waals surface area (Å²) in [6, 6.07) is 12.1. The third-order valence-corrected chi connectivity index (χ3v) is 6.24. The van der Waals surface area contributed by atoms with Crippen LogP contribution in [0.3, 0.4) is 0 Å². The fourth-order valence-electron chi connectivity index (χ4n) is 2.66. The maximum Gasteiger partial charge on any atom is 0.242 e. The fraction of sp³-hybridized carbons (Fsp3) is 0.333. The Morgan fingerprint density at radius 2 is 1.69 bits per heavy atom. The molecular weight excluding hydrogens is 451 g/mol. The molecule has 2 aromatic rings. The molecule has 0 aliphatic rings. The number of thioether (sulfide) groups is 1. The number of carbonyl (C=O) groups is 2. The van der Waals surface area contributed by atoms with Gasteiger partial charge in [-0.15, -0.1) is 11.8 Å². The van der Waals surface area contributed by atoms with Crippen molar-refractivity contribution in [1.82, 2.24) is 10.2 Å². The maximum atomic E-state index is 12.9. The lowest BCUT2D eigenvalue weighted by Crippen LogP contribution is -2.48. The van der Waals surface area contributed by atoms with Crippen LogP contribution in [-0.4, -0.2) is 35.1 Å². The molecule has 156 valence electrons. The highest BCUT2D eigenvalue weighted by atomic mass is 35.5. The van der Waals surface area contributed by atoms with Gasteiger partial charge in [-0.2, -0.15) is 0 Å². The predicted molar refractivity (Wildman–Crippen MR) is 123 cm³/mol. The van der Waals surface area contributed by atoms with Crippen molar-refractivity contribution in [2.45, 2.75) is 32.2 Å². The lowest BCUT2D eigenvalue weighted by atomic mass is 10.1. The van der Waals surface area contributed by atoms with E-state index in [1.807, 2.05) is 25.1 Å². The second-order valence-electron chi connectivity index (χ2n) is 6.46. The molecule has 0 radical (unpaired) electrons. The van der Waals surface area contributed by atoms with E-state index < -0.39 is 6.04 Å². The zero-order valence-electron chi connectivity index (χ0n) is 16.3. The van der Waals surface area contributed by atoms with Crippen molar-refractivity contribution in [3.8, 4) is 0 Å². The Morgan fingerprint density at radius 3 is 2.31 bits per heavy atom. The van der Waals surface area contributed by atoms with Crippen LogP contribution in [0.5, 0.6) is 0 Å². The highest BCUT2D eigenvalue weighted by molar-refractivity contribution is 7.99. The Labute approximate surface area is 190 Å². The Kier molecular flexibility index (Phi) is 9.63. The number of amides is 2. The second-order valence-corrected chi connectivity index (χ2v) is 8.70. The van der Waals surface area contributed by atoms with Gasteiger partial charge in [0, 0.05) is 23.9 Å². The average Bonchev–Trinajstić information content (AvgIpc) is 2.69. The average molecular weight is 474 g/mol. The van der Waals surface area contributed by atoms with Crippen LogP contribution in [-0.2, 0) is 21.9 Å². The lowest BCUT2D eigenvalue weighted by molar-refractivity contribution is -0.138. The molecule has 29 heavy (non-hydrogen) atoms. The SMILES string of the molecule is CCNC(=O)C(C)N(Cc1ccc(Cl)cc1)C(=O)CSCc1ccc(Cl)c(Cl)c1. The Bertz CT molecular complexity index is 846. The van der Waals surface area contributed by atoms with Crippen LogP contribution in [0.25, 0.3) is 0 Å². The number of hydrogen-bond acceptors (Lipinski definition) is 3. The minimum Gasteiger partial charge on any atom is -0.355 e. The molecule has 0 heterocycles. The molecule has 2 rings (SSSR count). The van der Waals surface area contributed by atoms with E-state index in [-0.39, 0.29) is 17.6 Å². The zero-order chi connectivity index (χ0) is 21.4. The van der Waals surface area contributed by atoms with E-state index >= 15 is 0 Å². The largest absolute Gasteiger partial charge is 0.355 e. The highest BCUT2D eigenvalue weighted by Crippen LogP contribution is 2.25. The Morgan fingerprint density at radius 1 is 1.03 bits per heavy atom. The van der Waals surface area contributed by atoms with Crippen LogP contribution < -0.4 is 5.32 Å². The summed E-state index contributed by atoms with van der Waals surface area (Å²) in [5.41, 5.74) is 1.90. The Hall–Kier alpha value is -1.40. The van der Waals surface area contributed by atoms with E-state index in [9.17, 15) is 9.59 Å². The minimum absolute atomic E-state index is 0.108. The summed E-state index contributed by atoms with van der Waals surface area (Å²) in [7, 11) is 0. The number of benzene rings is 2. The third kappa shape index (κ3) is 7.41. The fourth-order valence-corrected chi connectivity index (χ4v) is 3.96. The minimum atomic E-state index is -0.580. The van der Waals surface area contributed by atoms with Crippen molar-refractivity contribution >= 4 is 58.4 Å². The van der Waals surface area contributed by atoms with Gasteiger partial charge in [-0.05, 0) is 49.2 Å². The maximum absolute atomic E-state index is 12.9. The van der Waals surface area contributed by atoms with E-state index in [4.69, 9.17) is 34.8 Å². The first-order chi connectivity index (χ1) is 13.8. The van der Waals surface area contributed by atoms with Crippen LogP contribution in [0.2, 0.25) is 15.1 Å². The molecule has 0 fully saturated rings. The number of likely N-dealkylation sites (N-methyl/N-ethyl adjacent to an activating group) is 1. The molecule has 0 aliphatic carbocycles. The van der Waals surface area contributed by atoms with Crippen LogP contribution in [0.15, 0.2) is 42.5 Å². The summed E-state index contributed by atoms with van der Waals surface area (Å²) in [5.74, 6) is 0.581. The summed E-state index contributed by atoms with van der Waals surface area (Å²) >= 11 is 19.4. The molecule has 4 nitrogen and oxygen atoms in total. The first-order valence-corrected chi connectivity index (χ1v) is 11.4. The number of nitrogens with one attached hydrogen (secondary N) is 1. The molecule has 2 amide bonds. The zero-order valence-corrected chi connectivity index (χ0v) is 19.3. The monoisotopic (exact) mass is 472 g/mol. The molecule has 2 aromatic carbocycles. The van der Waals surface area contributed by atoms with E-state index in [2.05, 4.69) is 5.32 Å². The standard InChI is InChI=1S/C21H23Cl3N2O2S/c1-3-25-21(28)14(2)26(11-15-4-7-17(22)8-5-15)20(27)13-29-12-16-6-9-18(23)19(24)10-16/h4-10,14H,3,11-13H2,1-2H3,(H,25,28). The molecule has 8 heteroatoms. The molecule has 0 saturated heterocycles. The van der Waals surface area contributed by atoms with Crippen molar-refractivity contribution in [2.24, 2.45) is 0 Å². The molecule has 0 bridgehead atoms. The number of hydrogen-bond donors (Lipinski definition) is 1. The van der Waals surface area contributed by atoms with Gasteiger partial charge in [0.2, 0.25) is 11.8 Å². The number of carbonyl (C=O) groups excluding carboxylic acids is 2. The smallest absolute Gasteiger partial charge is 0.242 e. The highest BCUT2D eigenvalue weighted by Gasteiger charge is 2.25. The van der Waals surface area contributed by atoms with Gasteiger partial charge in [0.15, 0.2) is 0 Å². The predicted octanol–water partition coefficient (Wildman–Crippen LogP) is 5.43. The summed E-state index contributed by atoms with van der Waals surface area (Å²) in [4.78, 5) is 26.9. The molecule has 0 aliphatic heterocycles. The van der Waals surface area contributed by atoms with Gasteiger partial charge in [-0.3, -0.25) is 9.59 Å². The molecular formula is C21H23Cl3N2O2S. The second kappa shape index (κ2) is 11.7. The summed E-state index contributed by atoms with van der Waals surface area (Å²) < 4.78 is 0. The van der Waals surface area contributed by atoms with E-state index in [1.54, 1.807) is 36.1 Å². The number of rotatable bonds is 9. The third-order valence-electron chi connectivity index (χ3n) is 4.26. The molecule has 1 atom stereocenters. The van der Waals surface area contributed by atoms with Gasteiger partial charge in [-0.1, -0.05) is 53.0 Å². The van der Waals surface area contributed by atoms with Crippen molar-refractivity contribution < 1.29 is 9.59 Å². The topological polar surface area (TPSA) is 49.4 Å². The van der Waals surface area contributed by atoms with E-state index in [0.717, 1.165) is 11.1 Å². The van der Waals surface area contributed by atoms with Crippen LogP contribution in [0.1, 0.15) is 25.0 Å². The van der Waals surface area contributed by atoms with Gasteiger partial charge in [0.05, 0.1) is 15.8 Å². The van der Waals surface area contributed by atoms with Crippen molar-refractivity contribution in [1.29, 1.82) is 0 Å². The molecule has 1 unspecified atom stereocenters. The van der Waals surface area contributed by atoms with Crippen molar-refractivity contribution in [3.63, 3.8) is 0 Å².